The molecule has 0 bridgehead atoms. The third-order valence-electron chi connectivity index (χ3n) is 2.48. The van der Waals surface area contributed by atoms with Crippen molar-refractivity contribution in [3.8, 4) is 0 Å². The zero-order chi connectivity index (χ0) is 8.32. The van der Waals surface area contributed by atoms with Crippen LogP contribution in [0, 0.1) is 0 Å². The molecule has 1 fully saturated rings. The van der Waals surface area contributed by atoms with Gasteiger partial charge in [0.15, 0.2) is 0 Å². The van der Waals surface area contributed by atoms with Gasteiger partial charge >= 0.3 is 0 Å². The van der Waals surface area contributed by atoms with Crippen LogP contribution in [-0.2, 0) is 4.79 Å². The minimum absolute atomic E-state index is 0.244. The zero-order valence-corrected chi connectivity index (χ0v) is 8.17. The zero-order valence-electron chi connectivity index (χ0n) is 7.35. The predicted molar refractivity (Wildman–Crippen MR) is 50.0 cm³/mol. The molecule has 11 heavy (non-hydrogen) atoms. The highest BCUT2D eigenvalue weighted by molar-refractivity contribution is 8.00. The summed E-state index contributed by atoms with van der Waals surface area (Å²) < 4.78 is 0.244. The molecule has 0 aromatic rings. The minimum atomic E-state index is 0.244. The van der Waals surface area contributed by atoms with Crippen molar-refractivity contribution in [1.29, 1.82) is 0 Å². The Morgan fingerprint density at radius 1 is 1.45 bits per heavy atom. The molecule has 0 spiro atoms. The summed E-state index contributed by atoms with van der Waals surface area (Å²) in [5.74, 6) is 0.458. The lowest BCUT2D eigenvalue weighted by molar-refractivity contribution is -0.119. The van der Waals surface area contributed by atoms with Crippen LogP contribution in [0.4, 0.5) is 0 Å². The molecule has 0 aromatic carbocycles. The van der Waals surface area contributed by atoms with E-state index in [0.29, 0.717) is 5.78 Å². The highest BCUT2D eigenvalue weighted by Crippen LogP contribution is 2.35. The second kappa shape index (κ2) is 3.61. The van der Waals surface area contributed by atoms with Crippen LogP contribution in [0.3, 0.4) is 0 Å². The minimum Gasteiger partial charge on any atom is -0.300 e. The van der Waals surface area contributed by atoms with Crippen molar-refractivity contribution in [3.05, 3.63) is 0 Å². The Balaban J connectivity index is 2.58. The van der Waals surface area contributed by atoms with Gasteiger partial charge in [-0.05, 0) is 19.1 Å². The van der Waals surface area contributed by atoms with Gasteiger partial charge < -0.3 is 0 Å². The lowest BCUT2D eigenvalue weighted by atomic mass is 10.0. The van der Waals surface area contributed by atoms with Crippen LogP contribution >= 0.6 is 11.8 Å². The monoisotopic (exact) mass is 172 g/mol. The van der Waals surface area contributed by atoms with Crippen LogP contribution in [0.5, 0.6) is 0 Å². The van der Waals surface area contributed by atoms with E-state index < -0.39 is 0 Å². The van der Waals surface area contributed by atoms with Gasteiger partial charge in [0, 0.05) is 17.6 Å². The quantitative estimate of drug-likeness (QED) is 0.566. The molecule has 0 heterocycles. The van der Waals surface area contributed by atoms with Gasteiger partial charge in [-0.15, -0.1) is 0 Å². The van der Waals surface area contributed by atoms with Gasteiger partial charge in [-0.1, -0.05) is 13.3 Å². The van der Waals surface area contributed by atoms with Crippen molar-refractivity contribution < 1.29 is 4.79 Å². The molecule has 1 saturated carbocycles. The van der Waals surface area contributed by atoms with Crippen molar-refractivity contribution >= 4 is 17.5 Å². The van der Waals surface area contributed by atoms with E-state index in [0.717, 1.165) is 19.3 Å². The van der Waals surface area contributed by atoms with Gasteiger partial charge in [-0.25, -0.2) is 0 Å². The number of carbonyl (C=O) groups is 1. The Hall–Kier alpha value is 0.0200. The molecule has 1 aliphatic carbocycles. The molecule has 0 aliphatic heterocycles. The second-order valence-electron chi connectivity index (χ2n) is 3.58. The normalized spacial score (nSPS) is 33.5. The van der Waals surface area contributed by atoms with Crippen LogP contribution in [0.25, 0.3) is 0 Å². The van der Waals surface area contributed by atoms with Crippen molar-refractivity contribution in [2.24, 2.45) is 0 Å². The topological polar surface area (TPSA) is 17.1 Å². The first-order valence-corrected chi connectivity index (χ1v) is 5.46. The number of Topliss-reactive ketones (excluding diaryl/α,β-unsaturated/α-hetero) is 1. The molecule has 1 rings (SSSR count). The number of hydrogen-bond acceptors (Lipinski definition) is 2. The summed E-state index contributed by atoms with van der Waals surface area (Å²) >= 11 is 1.84. The predicted octanol–water partition coefficient (Wildman–Crippen LogP) is 2.64. The van der Waals surface area contributed by atoms with Crippen molar-refractivity contribution in [1.82, 2.24) is 0 Å². The van der Waals surface area contributed by atoms with Gasteiger partial charge in [0.05, 0.1) is 0 Å². The summed E-state index contributed by atoms with van der Waals surface area (Å²) in [5.41, 5.74) is 0. The summed E-state index contributed by atoms with van der Waals surface area (Å²) in [6.45, 7) is 2.21. The van der Waals surface area contributed by atoms with Gasteiger partial charge in [0.2, 0.25) is 0 Å². The van der Waals surface area contributed by atoms with Gasteiger partial charge in [0.1, 0.15) is 5.78 Å². The smallest absolute Gasteiger partial charge is 0.134 e. The van der Waals surface area contributed by atoms with E-state index in [2.05, 4.69) is 13.2 Å². The molecule has 0 N–H and O–H groups in total. The fraction of sp³-hybridized carbons (Fsp3) is 0.889. The molecule has 0 amide bonds. The maximum atomic E-state index is 11.2. The molecule has 1 atom stereocenters. The van der Waals surface area contributed by atoms with E-state index in [-0.39, 0.29) is 4.75 Å². The summed E-state index contributed by atoms with van der Waals surface area (Å²) in [6, 6.07) is 0. The number of thioether (sulfide) groups is 1. The lowest BCUT2D eigenvalue weighted by Gasteiger charge is -2.24. The highest BCUT2D eigenvalue weighted by atomic mass is 32.2. The average Bonchev–Trinajstić information content (AvgIpc) is 2.13. The second-order valence-corrected chi connectivity index (χ2v) is 4.97. The number of carbonyl (C=O) groups excluding carboxylic acids is 1. The Kier molecular flexibility index (Phi) is 2.99. The van der Waals surface area contributed by atoms with Gasteiger partial charge in [-0.3, -0.25) is 4.79 Å². The van der Waals surface area contributed by atoms with Gasteiger partial charge in [-0.2, -0.15) is 11.8 Å². The third kappa shape index (κ3) is 2.51. The van der Waals surface area contributed by atoms with E-state index >= 15 is 0 Å². The fourth-order valence-corrected chi connectivity index (χ4v) is 2.24. The summed E-state index contributed by atoms with van der Waals surface area (Å²) in [7, 11) is 0. The first-order chi connectivity index (χ1) is 5.16. The van der Waals surface area contributed by atoms with Crippen LogP contribution in [0.2, 0.25) is 0 Å². The SMILES string of the molecule is CSC1(C)CCCCC(=O)C1. The third-order valence-corrected chi connectivity index (χ3v) is 3.81. The molecule has 0 saturated heterocycles. The Bertz CT molecular complexity index is 156. The van der Waals surface area contributed by atoms with Crippen LogP contribution < -0.4 is 0 Å². The molecule has 64 valence electrons. The maximum absolute atomic E-state index is 11.2. The molecule has 1 nitrogen and oxygen atoms in total. The largest absolute Gasteiger partial charge is 0.300 e. The van der Waals surface area contributed by atoms with E-state index in [1.807, 2.05) is 11.8 Å². The average molecular weight is 172 g/mol. The van der Waals surface area contributed by atoms with E-state index in [4.69, 9.17) is 0 Å². The number of ketones is 1. The van der Waals surface area contributed by atoms with Crippen LogP contribution in [-0.4, -0.2) is 16.8 Å². The Labute approximate surface area is 72.9 Å². The molecule has 2 heteroatoms. The van der Waals surface area contributed by atoms with Crippen molar-refractivity contribution in [3.63, 3.8) is 0 Å². The van der Waals surface area contributed by atoms with Crippen LogP contribution in [0.15, 0.2) is 0 Å². The summed E-state index contributed by atoms with van der Waals surface area (Å²) in [6.07, 6.45) is 7.25. The van der Waals surface area contributed by atoms with E-state index in [9.17, 15) is 4.79 Å². The van der Waals surface area contributed by atoms with Crippen molar-refractivity contribution in [2.45, 2.75) is 43.8 Å². The Morgan fingerprint density at radius 3 is 2.82 bits per heavy atom. The molecule has 0 radical (unpaired) electrons. The molecule has 1 aliphatic rings. The standard InChI is InChI=1S/C9H16OS/c1-9(11-2)6-4-3-5-8(10)7-9/h3-7H2,1-2H3. The van der Waals surface area contributed by atoms with Crippen molar-refractivity contribution in [2.75, 3.05) is 6.26 Å². The molecule has 0 aromatic heterocycles. The Morgan fingerprint density at radius 2 is 2.18 bits per heavy atom. The molecular formula is C9H16OS. The fourth-order valence-electron chi connectivity index (χ4n) is 1.59. The summed E-state index contributed by atoms with van der Waals surface area (Å²) in [5, 5.41) is 0. The van der Waals surface area contributed by atoms with E-state index in [1.165, 1.54) is 12.8 Å². The first kappa shape index (κ1) is 9.11. The van der Waals surface area contributed by atoms with E-state index in [1.54, 1.807) is 0 Å². The number of rotatable bonds is 1. The maximum Gasteiger partial charge on any atom is 0.134 e. The van der Waals surface area contributed by atoms with Gasteiger partial charge in [0.25, 0.3) is 0 Å². The molecule has 1 unspecified atom stereocenters. The molecular weight excluding hydrogens is 156 g/mol. The lowest BCUT2D eigenvalue weighted by Crippen LogP contribution is -2.21. The van der Waals surface area contributed by atoms with Crippen LogP contribution in [0.1, 0.15) is 39.0 Å². The number of hydrogen-bond donors (Lipinski definition) is 0. The highest BCUT2D eigenvalue weighted by Gasteiger charge is 2.27. The summed E-state index contributed by atoms with van der Waals surface area (Å²) in [4.78, 5) is 11.2. The first-order valence-electron chi connectivity index (χ1n) is 4.23.